The van der Waals surface area contributed by atoms with Gasteiger partial charge in [-0.2, -0.15) is 0 Å². The number of hydrogen-bond donors (Lipinski definition) is 4. The van der Waals surface area contributed by atoms with Crippen LogP contribution < -0.4 is 10.6 Å². The van der Waals surface area contributed by atoms with Gasteiger partial charge in [-0.3, -0.25) is 14.4 Å². The topological polar surface area (TPSA) is 132 Å². The first-order chi connectivity index (χ1) is 17.3. The molecular formula is C26H33FN4O5S. The molecule has 4 N–H and O–H groups in total. The molecule has 3 atom stereocenters. The molecule has 3 amide bonds. The molecule has 1 aliphatic heterocycles. The van der Waals surface area contributed by atoms with Crippen molar-refractivity contribution >= 4 is 29.1 Å². The number of phenolic OH excluding ortho intramolecular Hbond substituents is 1. The van der Waals surface area contributed by atoms with Crippen LogP contribution in [-0.4, -0.2) is 68.2 Å². The largest absolute Gasteiger partial charge is 0.508 e. The van der Waals surface area contributed by atoms with Crippen LogP contribution in [0.3, 0.4) is 0 Å². The number of alkyl halides is 1. The van der Waals surface area contributed by atoms with Gasteiger partial charge in [-0.25, -0.2) is 9.37 Å². The lowest BCUT2D eigenvalue weighted by Gasteiger charge is -2.35. The summed E-state index contributed by atoms with van der Waals surface area (Å²) in [6, 6.07) is 3.13. The number of rotatable bonds is 7. The first-order valence-corrected chi connectivity index (χ1v) is 13.2. The molecule has 0 spiro atoms. The third kappa shape index (κ3) is 5.77. The summed E-state index contributed by atoms with van der Waals surface area (Å²) in [5.41, 5.74) is 1.21. The van der Waals surface area contributed by atoms with E-state index >= 15 is 0 Å². The van der Waals surface area contributed by atoms with Gasteiger partial charge in [0.15, 0.2) is 5.67 Å². The van der Waals surface area contributed by atoms with E-state index in [1.54, 1.807) is 38.4 Å². The number of nitrogens with one attached hydrogen (secondary N) is 2. The monoisotopic (exact) mass is 532 g/mol. The fourth-order valence-corrected chi connectivity index (χ4v) is 5.25. The predicted molar refractivity (Wildman–Crippen MR) is 136 cm³/mol. The van der Waals surface area contributed by atoms with E-state index in [9.17, 15) is 29.0 Å². The zero-order chi connectivity index (χ0) is 27.1. The number of phenols is 1. The second kappa shape index (κ2) is 10.0. The number of halogens is 1. The van der Waals surface area contributed by atoms with Gasteiger partial charge in [0.25, 0.3) is 5.91 Å². The molecule has 0 unspecified atom stereocenters. The number of nitrogens with zero attached hydrogens (tertiary/aromatic N) is 2. The van der Waals surface area contributed by atoms with Crippen molar-refractivity contribution in [1.29, 1.82) is 0 Å². The maximum Gasteiger partial charge on any atom is 0.258 e. The van der Waals surface area contributed by atoms with Crippen molar-refractivity contribution < 1.29 is 29.0 Å². The maximum atomic E-state index is 14.3. The van der Waals surface area contributed by atoms with Gasteiger partial charge < -0.3 is 25.7 Å². The Kier molecular flexibility index (Phi) is 7.31. The van der Waals surface area contributed by atoms with Crippen molar-refractivity contribution in [2.45, 2.75) is 77.4 Å². The van der Waals surface area contributed by atoms with E-state index < -0.39 is 47.0 Å². The van der Waals surface area contributed by atoms with E-state index in [1.807, 2.05) is 13.0 Å². The molecule has 1 aromatic carbocycles. The number of aromatic nitrogens is 1. The Bertz CT molecular complexity index is 1210. The molecular weight excluding hydrogens is 499 g/mol. The SMILES string of the molecule is Cc1ncsc1-c1ccc(CNC(=O)[C@@H]2C[C@@H](O)CN2C(=O)[C@H](NC(=O)C2(F)CC2)C(C)(C)C)c(O)c1. The average Bonchev–Trinajstić information content (AvgIpc) is 3.23. The Morgan fingerprint density at radius 2 is 2.00 bits per heavy atom. The van der Waals surface area contributed by atoms with Crippen LogP contribution in [0.2, 0.25) is 0 Å². The molecule has 37 heavy (non-hydrogen) atoms. The molecule has 1 saturated carbocycles. The molecule has 0 bridgehead atoms. The Morgan fingerprint density at radius 3 is 2.57 bits per heavy atom. The minimum Gasteiger partial charge on any atom is -0.508 e. The van der Waals surface area contributed by atoms with Crippen LogP contribution in [0.5, 0.6) is 5.75 Å². The van der Waals surface area contributed by atoms with Gasteiger partial charge in [-0.15, -0.1) is 11.3 Å². The molecule has 2 aliphatic rings. The highest BCUT2D eigenvalue weighted by molar-refractivity contribution is 7.13. The Balaban J connectivity index is 1.45. The molecule has 2 fully saturated rings. The number of likely N-dealkylation sites (tertiary alicyclic amines) is 1. The van der Waals surface area contributed by atoms with Gasteiger partial charge in [-0.1, -0.05) is 32.9 Å². The van der Waals surface area contributed by atoms with E-state index in [4.69, 9.17) is 0 Å². The number of carbonyl (C=O) groups is 3. The van der Waals surface area contributed by atoms with Crippen molar-refractivity contribution in [2.75, 3.05) is 6.54 Å². The minimum absolute atomic E-state index is 0.0146. The summed E-state index contributed by atoms with van der Waals surface area (Å²) in [7, 11) is 0. The van der Waals surface area contributed by atoms with Gasteiger partial charge >= 0.3 is 0 Å². The smallest absolute Gasteiger partial charge is 0.258 e. The third-order valence-electron chi connectivity index (χ3n) is 6.90. The van der Waals surface area contributed by atoms with Gasteiger partial charge in [0, 0.05) is 25.1 Å². The molecule has 4 rings (SSSR count). The van der Waals surface area contributed by atoms with Crippen molar-refractivity contribution in [2.24, 2.45) is 5.41 Å². The quantitative estimate of drug-likeness (QED) is 0.433. The van der Waals surface area contributed by atoms with Gasteiger partial charge in [0.1, 0.15) is 17.8 Å². The third-order valence-corrected chi connectivity index (χ3v) is 7.87. The normalized spacial score (nSPS) is 21.4. The second-order valence-corrected chi connectivity index (χ2v) is 11.8. The van der Waals surface area contributed by atoms with Crippen LogP contribution in [0.15, 0.2) is 23.7 Å². The van der Waals surface area contributed by atoms with E-state index in [1.165, 1.54) is 16.2 Å². The summed E-state index contributed by atoms with van der Waals surface area (Å²) in [4.78, 5) is 45.4. The van der Waals surface area contributed by atoms with Crippen LogP contribution in [-0.2, 0) is 20.9 Å². The highest BCUT2D eigenvalue weighted by atomic mass is 32.1. The highest BCUT2D eigenvalue weighted by Gasteiger charge is 2.53. The molecule has 9 nitrogen and oxygen atoms in total. The lowest BCUT2D eigenvalue weighted by atomic mass is 9.85. The Morgan fingerprint density at radius 1 is 1.30 bits per heavy atom. The maximum absolute atomic E-state index is 14.3. The van der Waals surface area contributed by atoms with Crippen molar-refractivity contribution in [3.8, 4) is 16.2 Å². The number of benzene rings is 1. The first kappa shape index (κ1) is 27.0. The van der Waals surface area contributed by atoms with Crippen LogP contribution in [0, 0.1) is 12.3 Å². The number of amides is 3. The molecule has 1 aliphatic carbocycles. The number of aryl methyl sites for hydroxylation is 1. The zero-order valence-corrected chi connectivity index (χ0v) is 22.2. The zero-order valence-electron chi connectivity index (χ0n) is 21.4. The summed E-state index contributed by atoms with van der Waals surface area (Å²) < 4.78 is 14.3. The Hall–Kier alpha value is -3.05. The number of aliphatic hydroxyl groups excluding tert-OH is 1. The molecule has 0 radical (unpaired) electrons. The number of hydrogen-bond acceptors (Lipinski definition) is 7. The molecule has 11 heteroatoms. The number of aliphatic hydroxyl groups is 1. The van der Waals surface area contributed by atoms with E-state index in [-0.39, 0.29) is 38.1 Å². The average molecular weight is 533 g/mol. The fraction of sp³-hybridized carbons (Fsp3) is 0.538. The van der Waals surface area contributed by atoms with Crippen LogP contribution in [0.25, 0.3) is 10.4 Å². The number of aromatic hydroxyl groups is 1. The molecule has 2 aromatic rings. The molecule has 1 aromatic heterocycles. The van der Waals surface area contributed by atoms with Crippen LogP contribution >= 0.6 is 11.3 Å². The summed E-state index contributed by atoms with van der Waals surface area (Å²) in [5, 5.41) is 26.1. The van der Waals surface area contributed by atoms with Crippen molar-refractivity contribution in [3.05, 3.63) is 35.0 Å². The summed E-state index contributed by atoms with van der Waals surface area (Å²) in [6.07, 6.45) is -0.642. The first-order valence-electron chi connectivity index (χ1n) is 12.3. The van der Waals surface area contributed by atoms with Crippen molar-refractivity contribution in [1.82, 2.24) is 20.5 Å². The highest BCUT2D eigenvalue weighted by Crippen LogP contribution is 2.40. The number of carbonyl (C=O) groups excluding carboxylic acids is 3. The van der Waals surface area contributed by atoms with Gasteiger partial charge in [-0.05, 0) is 36.8 Å². The summed E-state index contributed by atoms with van der Waals surface area (Å²) in [5.74, 6) is -1.85. The predicted octanol–water partition coefficient (Wildman–Crippen LogP) is 2.44. The van der Waals surface area contributed by atoms with E-state index in [0.717, 1.165) is 16.1 Å². The lowest BCUT2D eigenvalue weighted by Crippen LogP contribution is -2.59. The van der Waals surface area contributed by atoms with E-state index in [0.29, 0.717) is 5.56 Å². The van der Waals surface area contributed by atoms with E-state index in [2.05, 4.69) is 15.6 Å². The summed E-state index contributed by atoms with van der Waals surface area (Å²) >= 11 is 1.47. The van der Waals surface area contributed by atoms with Crippen LogP contribution in [0.1, 0.15) is 51.3 Å². The molecule has 1 saturated heterocycles. The molecule has 200 valence electrons. The number of β-amino-alcohol motifs (C(OH)–C–C–N with tert-alkyl or cyclic N) is 1. The summed E-state index contributed by atoms with van der Waals surface area (Å²) in [6.45, 7) is 7.07. The van der Waals surface area contributed by atoms with Gasteiger partial charge in [0.2, 0.25) is 11.8 Å². The van der Waals surface area contributed by atoms with Crippen molar-refractivity contribution in [3.63, 3.8) is 0 Å². The second-order valence-electron chi connectivity index (χ2n) is 11.0. The molecule has 2 heterocycles. The van der Waals surface area contributed by atoms with Crippen LogP contribution in [0.4, 0.5) is 4.39 Å². The number of thiazole rings is 1. The van der Waals surface area contributed by atoms with Gasteiger partial charge in [0.05, 0.1) is 22.2 Å². The fourth-order valence-electron chi connectivity index (χ4n) is 4.45. The standard InChI is InChI=1S/C26H33FN4O5S/c1-14-20(37-13-29-14)15-5-6-16(19(33)9-15)11-28-22(34)18-10-17(32)12-31(18)23(35)21(25(2,3)4)30-24(36)26(27)7-8-26/h5-6,9,13,17-18,21,32-33H,7-8,10-12H2,1-4H3,(H,28,34)(H,30,36)/t17-,18+,21+/m1/s1. The lowest BCUT2D eigenvalue weighted by molar-refractivity contribution is -0.145. The Labute approximate surface area is 219 Å². The minimum atomic E-state index is -1.94.